The van der Waals surface area contributed by atoms with Gasteiger partial charge in [-0.1, -0.05) is 19.1 Å². The maximum absolute atomic E-state index is 11.3. The minimum absolute atomic E-state index is 0.478. The first kappa shape index (κ1) is 15.2. The molecule has 0 aromatic heterocycles. The topological polar surface area (TPSA) is 70.6 Å². The summed E-state index contributed by atoms with van der Waals surface area (Å²) >= 11 is 1.65. The second-order valence-corrected chi connectivity index (χ2v) is 4.61. The van der Waals surface area contributed by atoms with E-state index in [1.807, 2.05) is 37.4 Å². The highest BCUT2D eigenvalue weighted by Gasteiger charge is 2.10. The monoisotopic (exact) mass is 279 g/mol. The SMILES string of the molecule is CCCNC(=O)C(=O)N/N=C\c1ccc(SC)cc1. The molecule has 5 nitrogen and oxygen atoms in total. The van der Waals surface area contributed by atoms with Crippen molar-refractivity contribution in [3.63, 3.8) is 0 Å². The highest BCUT2D eigenvalue weighted by Crippen LogP contribution is 2.13. The van der Waals surface area contributed by atoms with E-state index in [4.69, 9.17) is 0 Å². The zero-order valence-electron chi connectivity index (χ0n) is 11.0. The van der Waals surface area contributed by atoms with Crippen LogP contribution in [0.25, 0.3) is 0 Å². The van der Waals surface area contributed by atoms with Gasteiger partial charge in [0.05, 0.1) is 6.21 Å². The number of benzene rings is 1. The van der Waals surface area contributed by atoms with Gasteiger partial charge in [0.15, 0.2) is 0 Å². The molecular weight excluding hydrogens is 262 g/mol. The molecule has 0 aliphatic carbocycles. The van der Waals surface area contributed by atoms with Crippen LogP contribution >= 0.6 is 11.8 Å². The maximum atomic E-state index is 11.3. The van der Waals surface area contributed by atoms with E-state index in [1.54, 1.807) is 11.8 Å². The van der Waals surface area contributed by atoms with Crippen LogP contribution in [0.1, 0.15) is 18.9 Å². The molecule has 19 heavy (non-hydrogen) atoms. The standard InChI is InChI=1S/C13H17N3O2S/c1-3-8-14-12(17)13(18)16-15-9-10-4-6-11(19-2)7-5-10/h4-7,9H,3,8H2,1-2H3,(H,14,17)(H,16,18)/b15-9-. The fraction of sp³-hybridized carbons (Fsp3) is 0.308. The molecule has 6 heteroatoms. The number of carbonyl (C=O) groups is 2. The summed E-state index contributed by atoms with van der Waals surface area (Å²) in [5.74, 6) is -1.43. The predicted molar refractivity (Wildman–Crippen MR) is 77.3 cm³/mol. The normalized spacial score (nSPS) is 10.4. The van der Waals surface area contributed by atoms with Crippen LogP contribution in [0, 0.1) is 0 Å². The van der Waals surface area contributed by atoms with Gasteiger partial charge in [0, 0.05) is 11.4 Å². The van der Waals surface area contributed by atoms with Crippen molar-refractivity contribution in [1.29, 1.82) is 0 Å². The van der Waals surface area contributed by atoms with E-state index in [2.05, 4.69) is 15.8 Å². The first-order valence-electron chi connectivity index (χ1n) is 5.92. The van der Waals surface area contributed by atoms with Crippen molar-refractivity contribution < 1.29 is 9.59 Å². The third kappa shape index (κ3) is 5.56. The quantitative estimate of drug-likeness (QED) is 0.370. The van der Waals surface area contributed by atoms with Gasteiger partial charge in [-0.2, -0.15) is 5.10 Å². The van der Waals surface area contributed by atoms with E-state index in [-0.39, 0.29) is 0 Å². The predicted octanol–water partition coefficient (Wildman–Crippen LogP) is 1.38. The Kier molecular flexibility index (Phi) is 6.67. The van der Waals surface area contributed by atoms with E-state index >= 15 is 0 Å². The number of rotatable bonds is 5. The molecule has 0 fully saturated rings. The second-order valence-electron chi connectivity index (χ2n) is 3.73. The average Bonchev–Trinajstić information content (AvgIpc) is 2.45. The van der Waals surface area contributed by atoms with Crippen LogP contribution in [0.3, 0.4) is 0 Å². The number of nitrogens with zero attached hydrogens (tertiary/aromatic N) is 1. The fourth-order valence-corrected chi connectivity index (χ4v) is 1.63. The number of hydrazone groups is 1. The molecule has 0 unspecified atom stereocenters. The molecule has 0 aliphatic rings. The summed E-state index contributed by atoms with van der Waals surface area (Å²) in [4.78, 5) is 23.7. The van der Waals surface area contributed by atoms with Gasteiger partial charge in [-0.25, -0.2) is 5.43 Å². The summed E-state index contributed by atoms with van der Waals surface area (Å²) in [5.41, 5.74) is 3.04. The van der Waals surface area contributed by atoms with E-state index in [1.165, 1.54) is 6.21 Å². The lowest BCUT2D eigenvalue weighted by Gasteiger charge is -2.01. The third-order valence-corrected chi connectivity index (χ3v) is 2.98. The second kappa shape index (κ2) is 8.31. The zero-order valence-corrected chi connectivity index (χ0v) is 11.8. The molecule has 0 atom stereocenters. The molecule has 1 rings (SSSR count). The number of carbonyl (C=O) groups excluding carboxylic acids is 2. The molecule has 102 valence electrons. The summed E-state index contributed by atoms with van der Waals surface area (Å²) in [6, 6.07) is 7.70. The maximum Gasteiger partial charge on any atom is 0.329 e. The molecule has 0 saturated carbocycles. The van der Waals surface area contributed by atoms with Gasteiger partial charge in [-0.05, 0) is 30.4 Å². The Morgan fingerprint density at radius 3 is 2.53 bits per heavy atom. The van der Waals surface area contributed by atoms with E-state index in [0.29, 0.717) is 6.54 Å². The first-order valence-corrected chi connectivity index (χ1v) is 7.15. The van der Waals surface area contributed by atoms with Crippen molar-refractivity contribution in [3.8, 4) is 0 Å². The van der Waals surface area contributed by atoms with Crippen molar-refractivity contribution in [2.75, 3.05) is 12.8 Å². The van der Waals surface area contributed by atoms with Crippen LogP contribution in [-0.4, -0.2) is 30.8 Å². The van der Waals surface area contributed by atoms with Crippen LogP contribution in [0.2, 0.25) is 0 Å². The van der Waals surface area contributed by atoms with Crippen LogP contribution < -0.4 is 10.7 Å². The van der Waals surface area contributed by atoms with Gasteiger partial charge in [-0.3, -0.25) is 9.59 Å². The number of hydrogen-bond acceptors (Lipinski definition) is 4. The highest BCUT2D eigenvalue weighted by atomic mass is 32.2. The molecule has 0 bridgehead atoms. The molecule has 2 amide bonds. The van der Waals surface area contributed by atoms with E-state index in [0.717, 1.165) is 16.9 Å². The van der Waals surface area contributed by atoms with Gasteiger partial charge in [0.1, 0.15) is 0 Å². The van der Waals surface area contributed by atoms with Crippen molar-refractivity contribution >= 4 is 29.8 Å². The Bertz CT molecular complexity index is 457. The van der Waals surface area contributed by atoms with Crippen molar-refractivity contribution in [1.82, 2.24) is 10.7 Å². The Morgan fingerprint density at radius 1 is 1.26 bits per heavy atom. The molecule has 0 heterocycles. The molecule has 0 aliphatic heterocycles. The lowest BCUT2D eigenvalue weighted by Crippen LogP contribution is -2.38. The minimum Gasteiger partial charge on any atom is -0.348 e. The number of thioether (sulfide) groups is 1. The molecule has 1 aromatic carbocycles. The summed E-state index contributed by atoms with van der Waals surface area (Å²) in [5, 5.41) is 6.20. The first-order chi connectivity index (χ1) is 9.17. The third-order valence-electron chi connectivity index (χ3n) is 2.24. The number of nitrogens with one attached hydrogen (secondary N) is 2. The van der Waals surface area contributed by atoms with Crippen molar-refractivity contribution in [2.24, 2.45) is 5.10 Å². The van der Waals surface area contributed by atoms with E-state index in [9.17, 15) is 9.59 Å². The molecular formula is C13H17N3O2S. The molecule has 0 radical (unpaired) electrons. The van der Waals surface area contributed by atoms with Gasteiger partial charge in [0.2, 0.25) is 0 Å². The molecule has 1 aromatic rings. The average molecular weight is 279 g/mol. The lowest BCUT2D eigenvalue weighted by molar-refractivity contribution is -0.139. The highest BCUT2D eigenvalue weighted by molar-refractivity contribution is 7.98. The Labute approximate surface area is 116 Å². The lowest BCUT2D eigenvalue weighted by atomic mass is 10.2. The van der Waals surface area contributed by atoms with Crippen molar-refractivity contribution in [2.45, 2.75) is 18.2 Å². The summed E-state index contributed by atoms with van der Waals surface area (Å²) < 4.78 is 0. The Balaban J connectivity index is 2.44. The van der Waals surface area contributed by atoms with Crippen LogP contribution in [-0.2, 0) is 9.59 Å². The minimum atomic E-state index is -0.759. The Morgan fingerprint density at radius 2 is 1.95 bits per heavy atom. The van der Waals surface area contributed by atoms with Gasteiger partial charge in [0.25, 0.3) is 0 Å². The van der Waals surface area contributed by atoms with Crippen LogP contribution in [0.4, 0.5) is 0 Å². The largest absolute Gasteiger partial charge is 0.348 e. The summed E-state index contributed by atoms with van der Waals surface area (Å²) in [7, 11) is 0. The van der Waals surface area contributed by atoms with Gasteiger partial charge >= 0.3 is 11.8 Å². The van der Waals surface area contributed by atoms with Crippen molar-refractivity contribution in [3.05, 3.63) is 29.8 Å². The van der Waals surface area contributed by atoms with E-state index < -0.39 is 11.8 Å². The van der Waals surface area contributed by atoms with Crippen LogP contribution in [0.15, 0.2) is 34.3 Å². The molecule has 0 spiro atoms. The van der Waals surface area contributed by atoms with Crippen LogP contribution in [0.5, 0.6) is 0 Å². The van der Waals surface area contributed by atoms with Gasteiger partial charge < -0.3 is 5.32 Å². The fourth-order valence-electron chi connectivity index (χ4n) is 1.22. The summed E-state index contributed by atoms with van der Waals surface area (Å²) in [6.07, 6.45) is 4.28. The molecule has 2 N–H and O–H groups in total. The number of hydrogen-bond donors (Lipinski definition) is 2. The summed E-state index contributed by atoms with van der Waals surface area (Å²) in [6.45, 7) is 2.39. The zero-order chi connectivity index (χ0) is 14.1. The van der Waals surface area contributed by atoms with Gasteiger partial charge in [-0.15, -0.1) is 11.8 Å². The Hall–Kier alpha value is -1.82. The molecule has 0 saturated heterocycles. The number of amides is 2. The smallest absolute Gasteiger partial charge is 0.329 e.